The Balaban J connectivity index is 1.23. The molecule has 0 saturated carbocycles. The molecule has 1 aliphatic heterocycles. The third-order valence-corrected chi connectivity index (χ3v) is 6.99. The number of likely N-dealkylation sites (N-methyl/N-ethyl adjacent to an activating group) is 2. The molecule has 3 heterocycles. The second-order valence-electron chi connectivity index (χ2n) is 9.93. The average molecular weight is 508 g/mol. The number of amides is 1. The minimum absolute atomic E-state index is 0.146. The lowest BCUT2D eigenvalue weighted by molar-refractivity contribution is 0.102. The molecular formula is C30H33N7O. The lowest BCUT2D eigenvalue weighted by Crippen LogP contribution is -2.33. The van der Waals surface area contributed by atoms with Crippen molar-refractivity contribution >= 4 is 23.2 Å². The van der Waals surface area contributed by atoms with Crippen LogP contribution in [0.5, 0.6) is 0 Å². The second kappa shape index (κ2) is 11.5. The van der Waals surface area contributed by atoms with Crippen molar-refractivity contribution in [3.05, 3.63) is 95.9 Å². The zero-order valence-corrected chi connectivity index (χ0v) is 22.1. The summed E-state index contributed by atoms with van der Waals surface area (Å²) >= 11 is 0. The van der Waals surface area contributed by atoms with Crippen molar-refractivity contribution in [3.63, 3.8) is 0 Å². The molecule has 0 aliphatic carbocycles. The summed E-state index contributed by atoms with van der Waals surface area (Å²) in [6.07, 6.45) is 6.41. The minimum Gasteiger partial charge on any atom is -0.324 e. The number of benzene rings is 2. The van der Waals surface area contributed by atoms with Crippen molar-refractivity contribution in [1.29, 1.82) is 0 Å². The van der Waals surface area contributed by atoms with Crippen LogP contribution >= 0.6 is 0 Å². The molecule has 8 nitrogen and oxygen atoms in total. The molecular weight excluding hydrogens is 474 g/mol. The fraction of sp³-hybridized carbons (Fsp3) is 0.267. The van der Waals surface area contributed by atoms with E-state index >= 15 is 0 Å². The highest BCUT2D eigenvalue weighted by molar-refractivity contribution is 6.04. The standard InChI is InChI=1S/C30H33N7O/c1-21-6-11-25(17-28(21)35-30-32-15-12-27(34-30)24-5-4-14-31-18-24)33-29(38)23-9-7-22(8-10-23)19-37(3)26-13-16-36(2)20-26/h4-12,14-15,17-18,26H,13,16,19-20H2,1-3H3,(H,33,38)(H,32,34,35). The zero-order valence-electron chi connectivity index (χ0n) is 22.1. The third-order valence-electron chi connectivity index (χ3n) is 6.99. The Bertz CT molecular complexity index is 1390. The number of aryl methyl sites for hydroxylation is 1. The summed E-state index contributed by atoms with van der Waals surface area (Å²) in [6, 6.07) is 19.9. The van der Waals surface area contributed by atoms with Crippen LogP contribution in [0.4, 0.5) is 17.3 Å². The monoisotopic (exact) mass is 507 g/mol. The molecule has 38 heavy (non-hydrogen) atoms. The second-order valence-corrected chi connectivity index (χ2v) is 9.93. The van der Waals surface area contributed by atoms with E-state index in [1.807, 2.05) is 67.6 Å². The SMILES string of the molecule is Cc1ccc(NC(=O)c2ccc(CN(C)C3CCN(C)C3)cc2)cc1Nc1nccc(-c2cccnc2)n1. The normalized spacial score (nSPS) is 15.5. The van der Waals surface area contributed by atoms with Gasteiger partial charge in [0.25, 0.3) is 5.91 Å². The predicted molar refractivity (Wildman–Crippen MR) is 151 cm³/mol. The van der Waals surface area contributed by atoms with Gasteiger partial charge in [0.2, 0.25) is 5.95 Å². The quantitative estimate of drug-likeness (QED) is 0.348. The molecule has 2 N–H and O–H groups in total. The molecule has 1 amide bonds. The number of nitrogens with one attached hydrogen (secondary N) is 2. The number of nitrogens with zero attached hydrogens (tertiary/aromatic N) is 5. The van der Waals surface area contributed by atoms with Crippen molar-refractivity contribution < 1.29 is 4.79 Å². The molecule has 4 aromatic rings. The molecule has 0 radical (unpaired) electrons. The Hall–Kier alpha value is -4.14. The number of carbonyl (C=O) groups excluding carboxylic acids is 1. The number of aromatic nitrogens is 3. The fourth-order valence-corrected chi connectivity index (χ4v) is 4.70. The maximum absolute atomic E-state index is 13.0. The van der Waals surface area contributed by atoms with Crippen molar-refractivity contribution in [2.75, 3.05) is 37.8 Å². The summed E-state index contributed by atoms with van der Waals surface area (Å²) < 4.78 is 0. The summed E-state index contributed by atoms with van der Waals surface area (Å²) in [4.78, 5) is 30.9. The molecule has 1 saturated heterocycles. The largest absolute Gasteiger partial charge is 0.324 e. The van der Waals surface area contributed by atoms with E-state index in [1.54, 1.807) is 18.6 Å². The van der Waals surface area contributed by atoms with E-state index < -0.39 is 0 Å². The fourth-order valence-electron chi connectivity index (χ4n) is 4.70. The van der Waals surface area contributed by atoms with Gasteiger partial charge in [0.05, 0.1) is 5.69 Å². The molecule has 5 rings (SSSR count). The van der Waals surface area contributed by atoms with E-state index in [4.69, 9.17) is 0 Å². The molecule has 0 spiro atoms. The molecule has 0 bridgehead atoms. The third kappa shape index (κ3) is 6.22. The first kappa shape index (κ1) is 25.5. The molecule has 194 valence electrons. The number of likely N-dealkylation sites (tertiary alicyclic amines) is 1. The molecule has 1 atom stereocenters. The van der Waals surface area contributed by atoms with E-state index in [0.29, 0.717) is 23.2 Å². The van der Waals surface area contributed by atoms with Crippen LogP contribution in [-0.4, -0.2) is 63.9 Å². The summed E-state index contributed by atoms with van der Waals surface area (Å²) in [5.41, 5.74) is 6.05. The highest BCUT2D eigenvalue weighted by Gasteiger charge is 2.23. The van der Waals surface area contributed by atoms with Gasteiger partial charge < -0.3 is 15.5 Å². The highest BCUT2D eigenvalue weighted by atomic mass is 16.1. The van der Waals surface area contributed by atoms with Gasteiger partial charge >= 0.3 is 0 Å². The first-order valence-corrected chi connectivity index (χ1v) is 12.8. The van der Waals surface area contributed by atoms with Gasteiger partial charge in [0.15, 0.2) is 0 Å². The number of anilines is 3. The number of carbonyl (C=O) groups is 1. The molecule has 2 aromatic carbocycles. The smallest absolute Gasteiger partial charge is 0.255 e. The van der Waals surface area contributed by atoms with Crippen LogP contribution in [0.3, 0.4) is 0 Å². The van der Waals surface area contributed by atoms with Gasteiger partial charge in [-0.15, -0.1) is 0 Å². The van der Waals surface area contributed by atoms with Crippen LogP contribution in [0.1, 0.15) is 27.9 Å². The van der Waals surface area contributed by atoms with Gasteiger partial charge in [-0.3, -0.25) is 14.7 Å². The predicted octanol–water partition coefficient (Wildman–Crippen LogP) is 4.98. The van der Waals surface area contributed by atoms with Gasteiger partial charge in [-0.1, -0.05) is 18.2 Å². The topological polar surface area (TPSA) is 86.3 Å². The van der Waals surface area contributed by atoms with Gasteiger partial charge in [0, 0.05) is 60.2 Å². The van der Waals surface area contributed by atoms with Crippen molar-refractivity contribution in [2.24, 2.45) is 0 Å². The van der Waals surface area contributed by atoms with E-state index in [-0.39, 0.29) is 5.91 Å². The Morgan fingerprint density at radius 1 is 1.11 bits per heavy atom. The van der Waals surface area contributed by atoms with Gasteiger partial charge in [-0.25, -0.2) is 9.97 Å². The minimum atomic E-state index is -0.146. The van der Waals surface area contributed by atoms with Crippen molar-refractivity contribution in [3.8, 4) is 11.3 Å². The first-order chi connectivity index (χ1) is 18.4. The van der Waals surface area contributed by atoms with Crippen molar-refractivity contribution in [1.82, 2.24) is 24.8 Å². The van der Waals surface area contributed by atoms with E-state index in [9.17, 15) is 4.79 Å². The van der Waals surface area contributed by atoms with Crippen molar-refractivity contribution in [2.45, 2.75) is 25.9 Å². The van der Waals surface area contributed by atoms with Gasteiger partial charge in [-0.05, 0) is 87.6 Å². The molecule has 8 heteroatoms. The van der Waals surface area contributed by atoms with Crippen LogP contribution in [0, 0.1) is 6.92 Å². The van der Waals surface area contributed by atoms with Crippen LogP contribution < -0.4 is 10.6 Å². The summed E-state index contributed by atoms with van der Waals surface area (Å²) in [5.74, 6) is 0.328. The Labute approximate surface area is 223 Å². The van der Waals surface area contributed by atoms with Crippen LogP contribution in [-0.2, 0) is 6.54 Å². The Kier molecular flexibility index (Phi) is 7.72. The average Bonchev–Trinajstić information content (AvgIpc) is 3.38. The zero-order chi connectivity index (χ0) is 26.5. The number of hydrogen-bond donors (Lipinski definition) is 2. The number of rotatable bonds is 8. The molecule has 1 fully saturated rings. The molecule has 1 unspecified atom stereocenters. The molecule has 2 aromatic heterocycles. The number of pyridine rings is 1. The van der Waals surface area contributed by atoms with Crippen LogP contribution in [0.25, 0.3) is 11.3 Å². The lowest BCUT2D eigenvalue weighted by Gasteiger charge is -2.24. The van der Waals surface area contributed by atoms with E-state index in [0.717, 1.165) is 42.1 Å². The van der Waals surface area contributed by atoms with Crippen LogP contribution in [0.15, 0.2) is 79.3 Å². The summed E-state index contributed by atoms with van der Waals surface area (Å²) in [7, 11) is 4.34. The Morgan fingerprint density at radius 3 is 2.68 bits per heavy atom. The lowest BCUT2D eigenvalue weighted by atomic mass is 10.1. The summed E-state index contributed by atoms with van der Waals surface area (Å²) in [5, 5.41) is 6.30. The van der Waals surface area contributed by atoms with E-state index in [2.05, 4.69) is 49.5 Å². The maximum Gasteiger partial charge on any atom is 0.255 e. The Morgan fingerprint density at radius 2 is 1.95 bits per heavy atom. The number of hydrogen-bond acceptors (Lipinski definition) is 7. The van der Waals surface area contributed by atoms with E-state index in [1.165, 1.54) is 12.0 Å². The maximum atomic E-state index is 13.0. The van der Waals surface area contributed by atoms with Gasteiger partial charge in [-0.2, -0.15) is 0 Å². The highest BCUT2D eigenvalue weighted by Crippen LogP contribution is 2.25. The first-order valence-electron chi connectivity index (χ1n) is 12.8. The van der Waals surface area contributed by atoms with Crippen LogP contribution in [0.2, 0.25) is 0 Å². The summed E-state index contributed by atoms with van der Waals surface area (Å²) in [6.45, 7) is 5.12. The van der Waals surface area contributed by atoms with Gasteiger partial charge in [0.1, 0.15) is 0 Å². The molecule has 1 aliphatic rings.